The number of nitrogens with one attached hydrogen (secondary N) is 1. The molecule has 1 heterocycles. The van der Waals surface area contributed by atoms with Crippen molar-refractivity contribution in [2.45, 2.75) is 13.0 Å². The molecule has 1 aromatic heterocycles. The van der Waals surface area contributed by atoms with Crippen LogP contribution in [-0.2, 0) is 14.3 Å². The van der Waals surface area contributed by atoms with Gasteiger partial charge in [0.05, 0.1) is 17.9 Å². The van der Waals surface area contributed by atoms with E-state index in [1.54, 1.807) is 49.4 Å². The summed E-state index contributed by atoms with van der Waals surface area (Å²) in [5.74, 6) is -0.398. The number of carbonyl (C=O) groups excluding carboxylic acids is 2. The van der Waals surface area contributed by atoms with Gasteiger partial charge in [-0.2, -0.15) is 0 Å². The van der Waals surface area contributed by atoms with E-state index in [9.17, 15) is 9.59 Å². The molecule has 0 unspecified atom stereocenters. The maximum Gasteiger partial charge on any atom is 0.339 e. The molecule has 3 aromatic rings. The van der Waals surface area contributed by atoms with Crippen LogP contribution < -0.4 is 5.32 Å². The largest absolute Gasteiger partial charge is 0.467 e. The van der Waals surface area contributed by atoms with Gasteiger partial charge in [0, 0.05) is 5.02 Å². The van der Waals surface area contributed by atoms with Crippen molar-refractivity contribution >= 4 is 35.1 Å². The van der Waals surface area contributed by atoms with E-state index in [1.807, 2.05) is 30.3 Å². The molecule has 6 heteroatoms. The molecule has 3 rings (SSSR count). The highest BCUT2D eigenvalue weighted by molar-refractivity contribution is 6.30. The fourth-order valence-electron chi connectivity index (χ4n) is 2.71. The fraction of sp³-hybridized carbons (Fsp3) is 0.130. The smallest absolute Gasteiger partial charge is 0.339 e. The van der Waals surface area contributed by atoms with Gasteiger partial charge >= 0.3 is 5.97 Å². The number of esters is 1. The summed E-state index contributed by atoms with van der Waals surface area (Å²) in [6.45, 7) is 1.39. The molecule has 0 fully saturated rings. The third-order valence-corrected chi connectivity index (χ3v) is 4.42. The molecule has 0 spiro atoms. The molecule has 29 heavy (non-hydrogen) atoms. The Bertz CT molecular complexity index is 979. The summed E-state index contributed by atoms with van der Waals surface area (Å²) in [6, 6.07) is 19.4. The van der Waals surface area contributed by atoms with Crippen molar-refractivity contribution in [1.82, 2.24) is 5.32 Å². The Kier molecular flexibility index (Phi) is 6.87. The van der Waals surface area contributed by atoms with E-state index in [-0.39, 0.29) is 6.04 Å². The van der Waals surface area contributed by atoms with Crippen LogP contribution in [0.4, 0.5) is 0 Å². The van der Waals surface area contributed by atoms with Crippen LogP contribution in [0.2, 0.25) is 5.02 Å². The minimum absolute atomic E-state index is 0.327. The molecule has 5 nitrogen and oxygen atoms in total. The SMILES string of the molecule is C[C@@H](NC(=O)COC(=O)/C(=C/c1ccccc1)c1ccc(Cl)cc1)c1ccco1. The van der Waals surface area contributed by atoms with E-state index >= 15 is 0 Å². The van der Waals surface area contributed by atoms with Gasteiger partial charge in [0.15, 0.2) is 6.61 Å². The molecule has 1 atom stereocenters. The van der Waals surface area contributed by atoms with E-state index in [2.05, 4.69) is 5.32 Å². The zero-order chi connectivity index (χ0) is 20.6. The van der Waals surface area contributed by atoms with Crippen LogP contribution in [0.25, 0.3) is 11.6 Å². The van der Waals surface area contributed by atoms with Crippen molar-refractivity contribution < 1.29 is 18.7 Å². The highest BCUT2D eigenvalue weighted by Gasteiger charge is 2.17. The number of halogens is 1. The van der Waals surface area contributed by atoms with Crippen LogP contribution in [0.3, 0.4) is 0 Å². The minimum atomic E-state index is -0.600. The van der Waals surface area contributed by atoms with Crippen molar-refractivity contribution in [1.29, 1.82) is 0 Å². The second kappa shape index (κ2) is 9.75. The van der Waals surface area contributed by atoms with Gasteiger partial charge in [0.25, 0.3) is 5.91 Å². The van der Waals surface area contributed by atoms with Gasteiger partial charge in [0.1, 0.15) is 5.76 Å². The standard InChI is InChI=1S/C23H20ClNO4/c1-16(21-8-5-13-28-21)25-22(26)15-29-23(27)20(14-17-6-3-2-4-7-17)18-9-11-19(24)12-10-18/h2-14,16H,15H2,1H3,(H,25,26)/b20-14+/t16-/m1/s1. The monoisotopic (exact) mass is 409 g/mol. The van der Waals surface area contributed by atoms with E-state index in [0.717, 1.165) is 5.56 Å². The zero-order valence-electron chi connectivity index (χ0n) is 15.8. The van der Waals surface area contributed by atoms with E-state index in [4.69, 9.17) is 20.8 Å². The molecule has 0 aliphatic rings. The summed E-state index contributed by atoms with van der Waals surface area (Å²) in [6.07, 6.45) is 3.25. The lowest BCUT2D eigenvalue weighted by atomic mass is 10.0. The third-order valence-electron chi connectivity index (χ3n) is 4.17. The third kappa shape index (κ3) is 5.83. The van der Waals surface area contributed by atoms with Crippen LogP contribution in [-0.4, -0.2) is 18.5 Å². The number of furan rings is 1. The zero-order valence-corrected chi connectivity index (χ0v) is 16.6. The normalized spacial score (nSPS) is 12.3. The predicted molar refractivity (Wildman–Crippen MR) is 112 cm³/mol. The summed E-state index contributed by atoms with van der Waals surface area (Å²) in [4.78, 5) is 24.9. The summed E-state index contributed by atoms with van der Waals surface area (Å²) in [5, 5.41) is 3.29. The second-order valence-corrected chi connectivity index (χ2v) is 6.79. The summed E-state index contributed by atoms with van der Waals surface area (Å²) in [5.41, 5.74) is 1.82. The molecule has 0 aliphatic heterocycles. The van der Waals surface area contributed by atoms with Gasteiger partial charge in [-0.25, -0.2) is 4.79 Å². The molecule has 1 amide bonds. The summed E-state index contributed by atoms with van der Waals surface area (Å²) in [7, 11) is 0. The average molecular weight is 410 g/mol. The number of hydrogen-bond acceptors (Lipinski definition) is 4. The molecule has 148 valence electrons. The van der Waals surface area contributed by atoms with Crippen molar-refractivity contribution in [3.63, 3.8) is 0 Å². The van der Waals surface area contributed by atoms with Crippen LogP contribution in [0.1, 0.15) is 29.9 Å². The van der Waals surface area contributed by atoms with Crippen molar-refractivity contribution in [2.75, 3.05) is 6.61 Å². The van der Waals surface area contributed by atoms with Crippen LogP contribution in [0.15, 0.2) is 77.4 Å². The topological polar surface area (TPSA) is 68.5 Å². The molecular weight excluding hydrogens is 390 g/mol. The highest BCUT2D eigenvalue weighted by atomic mass is 35.5. The van der Waals surface area contributed by atoms with Gasteiger partial charge in [-0.15, -0.1) is 0 Å². The maximum absolute atomic E-state index is 12.7. The Hall–Kier alpha value is -3.31. The molecule has 0 bridgehead atoms. The first-order chi connectivity index (χ1) is 14.0. The molecule has 1 N–H and O–H groups in total. The van der Waals surface area contributed by atoms with Crippen molar-refractivity contribution in [3.05, 3.63) is 94.9 Å². The number of benzene rings is 2. The van der Waals surface area contributed by atoms with E-state index < -0.39 is 18.5 Å². The molecule has 0 saturated carbocycles. The Morgan fingerprint density at radius 1 is 1.07 bits per heavy atom. The predicted octanol–water partition coefficient (Wildman–Crippen LogP) is 4.89. The van der Waals surface area contributed by atoms with Gasteiger partial charge < -0.3 is 14.5 Å². The average Bonchev–Trinajstić information content (AvgIpc) is 3.27. The van der Waals surface area contributed by atoms with E-state index in [1.165, 1.54) is 6.26 Å². The van der Waals surface area contributed by atoms with Crippen LogP contribution in [0.5, 0.6) is 0 Å². The molecule has 0 saturated heterocycles. The number of carbonyl (C=O) groups is 2. The number of amides is 1. The molecule has 0 aliphatic carbocycles. The van der Waals surface area contributed by atoms with Gasteiger partial charge in [-0.3, -0.25) is 4.79 Å². The Balaban J connectivity index is 1.70. The molecule has 2 aromatic carbocycles. The summed E-state index contributed by atoms with van der Waals surface area (Å²) < 4.78 is 10.5. The lowest BCUT2D eigenvalue weighted by Crippen LogP contribution is -2.31. The maximum atomic E-state index is 12.7. The Labute approximate surface area is 173 Å². The Morgan fingerprint density at radius 2 is 1.79 bits per heavy atom. The second-order valence-electron chi connectivity index (χ2n) is 6.36. The van der Waals surface area contributed by atoms with E-state index in [0.29, 0.717) is 21.9 Å². The molecule has 0 radical (unpaired) electrons. The van der Waals surface area contributed by atoms with Gasteiger partial charge in [-0.05, 0) is 48.4 Å². The van der Waals surface area contributed by atoms with Crippen molar-refractivity contribution in [2.24, 2.45) is 0 Å². The first kappa shape index (κ1) is 20.4. The number of ether oxygens (including phenoxy) is 1. The lowest BCUT2D eigenvalue weighted by molar-refractivity contribution is -0.143. The highest BCUT2D eigenvalue weighted by Crippen LogP contribution is 2.22. The first-order valence-corrected chi connectivity index (χ1v) is 9.43. The van der Waals surface area contributed by atoms with Crippen LogP contribution in [0, 0.1) is 0 Å². The summed E-state index contributed by atoms with van der Waals surface area (Å²) >= 11 is 5.95. The Morgan fingerprint density at radius 3 is 2.45 bits per heavy atom. The van der Waals surface area contributed by atoms with Gasteiger partial charge in [-0.1, -0.05) is 54.1 Å². The first-order valence-electron chi connectivity index (χ1n) is 9.05. The van der Waals surface area contributed by atoms with Gasteiger partial charge in [0.2, 0.25) is 0 Å². The molecular formula is C23H20ClNO4. The number of rotatable bonds is 7. The van der Waals surface area contributed by atoms with Crippen molar-refractivity contribution in [3.8, 4) is 0 Å². The number of hydrogen-bond donors (Lipinski definition) is 1. The fourth-order valence-corrected chi connectivity index (χ4v) is 2.83. The minimum Gasteiger partial charge on any atom is -0.467 e. The van der Waals surface area contributed by atoms with Crippen LogP contribution >= 0.6 is 11.6 Å². The lowest BCUT2D eigenvalue weighted by Gasteiger charge is -2.13. The quantitative estimate of drug-likeness (QED) is 0.342.